The van der Waals surface area contributed by atoms with Gasteiger partial charge >= 0.3 is 0 Å². The Morgan fingerprint density at radius 1 is 1.07 bits per heavy atom. The van der Waals surface area contributed by atoms with Crippen LogP contribution in [0, 0.1) is 20.8 Å². The highest BCUT2D eigenvalue weighted by Crippen LogP contribution is 2.30. The van der Waals surface area contributed by atoms with Crippen LogP contribution in [-0.2, 0) is 4.79 Å². The molecular weight excluding hydrogens is 382 g/mol. The molecule has 0 unspecified atom stereocenters. The zero-order valence-corrected chi connectivity index (χ0v) is 18.5. The van der Waals surface area contributed by atoms with Crippen LogP contribution in [0.5, 0.6) is 0 Å². The first-order valence-electron chi connectivity index (χ1n) is 9.71. The van der Waals surface area contributed by atoms with Gasteiger partial charge in [0, 0.05) is 5.69 Å². The van der Waals surface area contributed by atoms with E-state index in [0.717, 1.165) is 28.1 Å². The number of para-hydroxylation sites is 1. The molecule has 3 rings (SSSR count). The molecule has 1 atom stereocenters. The maximum Gasteiger partial charge on any atom is 0.237 e. The average molecular weight is 410 g/mol. The second kappa shape index (κ2) is 8.78. The predicted molar refractivity (Wildman–Crippen MR) is 118 cm³/mol. The summed E-state index contributed by atoms with van der Waals surface area (Å²) in [6, 6.07) is 12.2. The summed E-state index contributed by atoms with van der Waals surface area (Å²) < 4.78 is 1.69. The van der Waals surface area contributed by atoms with Crippen LogP contribution in [-0.4, -0.2) is 31.4 Å². The van der Waals surface area contributed by atoms with Crippen molar-refractivity contribution in [2.24, 2.45) is 0 Å². The lowest BCUT2D eigenvalue weighted by Gasteiger charge is -2.18. The van der Waals surface area contributed by atoms with Crippen molar-refractivity contribution < 1.29 is 4.79 Å². The molecule has 2 aromatic carbocycles. The molecule has 7 heteroatoms. The summed E-state index contributed by atoms with van der Waals surface area (Å²) in [5.41, 5.74) is 6.27. The molecule has 1 aromatic heterocycles. The lowest BCUT2D eigenvalue weighted by atomic mass is 9.98. The third kappa shape index (κ3) is 4.67. The minimum atomic E-state index is -0.356. The van der Waals surface area contributed by atoms with Gasteiger partial charge in [-0.3, -0.25) is 4.79 Å². The van der Waals surface area contributed by atoms with Crippen LogP contribution in [0.2, 0.25) is 0 Å². The second-order valence-corrected chi connectivity index (χ2v) is 8.91. The number of nitrogens with zero attached hydrogens (tertiary/aromatic N) is 4. The number of benzene rings is 2. The van der Waals surface area contributed by atoms with Crippen LogP contribution in [0.4, 0.5) is 5.69 Å². The van der Waals surface area contributed by atoms with Crippen molar-refractivity contribution in [1.82, 2.24) is 20.2 Å². The Kier molecular flexibility index (Phi) is 6.37. The molecule has 0 saturated heterocycles. The summed E-state index contributed by atoms with van der Waals surface area (Å²) in [7, 11) is 0. The monoisotopic (exact) mass is 409 g/mol. The van der Waals surface area contributed by atoms with Gasteiger partial charge in [-0.1, -0.05) is 61.5 Å². The molecule has 1 N–H and O–H groups in total. The second-order valence-electron chi connectivity index (χ2n) is 7.61. The molecule has 0 aliphatic heterocycles. The van der Waals surface area contributed by atoms with Gasteiger partial charge in [-0.15, -0.1) is 5.10 Å². The number of carbonyl (C=O) groups excluding carboxylic acids is 1. The molecule has 0 bridgehead atoms. The Balaban J connectivity index is 1.80. The third-order valence-electron chi connectivity index (χ3n) is 4.85. The molecule has 0 aliphatic carbocycles. The number of anilines is 1. The van der Waals surface area contributed by atoms with Gasteiger partial charge in [-0.25, -0.2) is 0 Å². The molecule has 1 heterocycles. The smallest absolute Gasteiger partial charge is 0.237 e. The van der Waals surface area contributed by atoms with E-state index in [1.165, 1.54) is 17.3 Å². The van der Waals surface area contributed by atoms with Crippen LogP contribution >= 0.6 is 11.8 Å². The van der Waals surface area contributed by atoms with Crippen molar-refractivity contribution in [3.8, 4) is 5.69 Å². The largest absolute Gasteiger partial charge is 0.325 e. The Bertz CT molecular complexity index is 1030. The van der Waals surface area contributed by atoms with Crippen LogP contribution in [0.3, 0.4) is 0 Å². The van der Waals surface area contributed by atoms with E-state index in [1.54, 1.807) is 4.68 Å². The number of nitrogens with one attached hydrogen (secondary N) is 1. The quantitative estimate of drug-likeness (QED) is 0.590. The zero-order chi connectivity index (χ0) is 21.1. The molecule has 0 aliphatic rings. The van der Waals surface area contributed by atoms with Crippen molar-refractivity contribution in [1.29, 1.82) is 0 Å². The molecule has 0 radical (unpaired) electrons. The Hall–Kier alpha value is -2.67. The van der Waals surface area contributed by atoms with Crippen LogP contribution in [0.25, 0.3) is 5.69 Å². The number of aryl methyl sites for hydroxylation is 3. The van der Waals surface area contributed by atoms with E-state index in [0.29, 0.717) is 11.1 Å². The molecule has 6 nitrogen and oxygen atoms in total. The molecule has 0 saturated carbocycles. The summed E-state index contributed by atoms with van der Waals surface area (Å²) in [5.74, 6) is 0.256. The maximum absolute atomic E-state index is 12.9. The van der Waals surface area contributed by atoms with E-state index < -0.39 is 0 Å². The minimum absolute atomic E-state index is 0.0682. The highest BCUT2D eigenvalue weighted by atomic mass is 32.2. The number of aromatic nitrogens is 4. The van der Waals surface area contributed by atoms with Crippen molar-refractivity contribution in [3.05, 3.63) is 58.7 Å². The number of carbonyl (C=O) groups is 1. The molecule has 0 spiro atoms. The highest BCUT2D eigenvalue weighted by Gasteiger charge is 2.21. The van der Waals surface area contributed by atoms with Gasteiger partial charge in [0.15, 0.2) is 0 Å². The normalized spacial score (nSPS) is 12.2. The van der Waals surface area contributed by atoms with Crippen molar-refractivity contribution in [3.63, 3.8) is 0 Å². The highest BCUT2D eigenvalue weighted by molar-refractivity contribution is 8.00. The third-order valence-corrected chi connectivity index (χ3v) is 5.88. The lowest BCUT2D eigenvalue weighted by molar-refractivity contribution is -0.115. The van der Waals surface area contributed by atoms with Gasteiger partial charge in [0.25, 0.3) is 0 Å². The van der Waals surface area contributed by atoms with Gasteiger partial charge in [0.1, 0.15) is 0 Å². The Morgan fingerprint density at radius 3 is 2.52 bits per heavy atom. The first kappa shape index (κ1) is 21.0. The fraction of sp³-hybridized carbons (Fsp3) is 0.364. The number of tetrazole rings is 1. The SMILES string of the molecule is Cc1ccc(-n2nnnc2S[C@@H](C)C(=O)Nc2c(C)cccc2C(C)C)c(C)c1. The minimum Gasteiger partial charge on any atom is -0.325 e. The summed E-state index contributed by atoms with van der Waals surface area (Å²) in [6.07, 6.45) is 0. The van der Waals surface area contributed by atoms with E-state index in [4.69, 9.17) is 0 Å². The predicted octanol–water partition coefficient (Wildman–Crippen LogP) is 4.83. The summed E-state index contributed by atoms with van der Waals surface area (Å²) in [4.78, 5) is 12.9. The van der Waals surface area contributed by atoms with E-state index in [-0.39, 0.29) is 11.2 Å². The van der Waals surface area contributed by atoms with Gasteiger partial charge < -0.3 is 5.32 Å². The molecule has 3 aromatic rings. The molecule has 29 heavy (non-hydrogen) atoms. The summed E-state index contributed by atoms with van der Waals surface area (Å²) >= 11 is 1.35. The summed E-state index contributed by atoms with van der Waals surface area (Å²) in [5, 5.41) is 15.4. The van der Waals surface area contributed by atoms with Gasteiger partial charge in [0.2, 0.25) is 11.1 Å². The van der Waals surface area contributed by atoms with Crippen molar-refractivity contribution in [2.45, 2.75) is 57.9 Å². The fourth-order valence-electron chi connectivity index (χ4n) is 3.23. The van der Waals surface area contributed by atoms with Crippen LogP contribution in [0.1, 0.15) is 48.9 Å². The lowest BCUT2D eigenvalue weighted by Crippen LogP contribution is -2.24. The van der Waals surface area contributed by atoms with Gasteiger partial charge in [0.05, 0.1) is 10.9 Å². The molecule has 152 valence electrons. The molecule has 0 fully saturated rings. The maximum atomic E-state index is 12.9. The van der Waals surface area contributed by atoms with E-state index in [9.17, 15) is 4.79 Å². The number of thioether (sulfide) groups is 1. The molecular formula is C22H27N5OS. The number of hydrogen-bond donors (Lipinski definition) is 1. The fourth-order valence-corrected chi connectivity index (χ4v) is 4.03. The Labute approximate surface area is 176 Å². The Morgan fingerprint density at radius 2 is 1.83 bits per heavy atom. The first-order chi connectivity index (χ1) is 13.8. The van der Waals surface area contributed by atoms with Crippen LogP contribution < -0.4 is 5.32 Å². The van der Waals surface area contributed by atoms with E-state index in [1.807, 2.05) is 45.0 Å². The number of amides is 1. The number of hydrogen-bond acceptors (Lipinski definition) is 5. The van der Waals surface area contributed by atoms with Gasteiger partial charge in [-0.05, 0) is 66.8 Å². The first-order valence-corrected chi connectivity index (χ1v) is 10.6. The number of rotatable bonds is 6. The van der Waals surface area contributed by atoms with Gasteiger partial charge in [-0.2, -0.15) is 4.68 Å². The average Bonchev–Trinajstić information content (AvgIpc) is 3.10. The van der Waals surface area contributed by atoms with Crippen molar-refractivity contribution >= 4 is 23.4 Å². The molecule has 1 amide bonds. The zero-order valence-electron chi connectivity index (χ0n) is 17.7. The standard InChI is InChI=1S/C22H27N5OS/c1-13(2)18-9-7-8-15(4)20(18)23-21(28)17(6)29-22-24-25-26-27(22)19-11-10-14(3)12-16(19)5/h7-13,17H,1-6H3,(H,23,28)/t17-/m0/s1. The van der Waals surface area contributed by atoms with Crippen LogP contribution in [0.15, 0.2) is 41.6 Å². The van der Waals surface area contributed by atoms with E-state index >= 15 is 0 Å². The van der Waals surface area contributed by atoms with E-state index in [2.05, 4.69) is 53.7 Å². The topological polar surface area (TPSA) is 72.7 Å². The summed E-state index contributed by atoms with van der Waals surface area (Å²) in [6.45, 7) is 12.2. The van der Waals surface area contributed by atoms with Crippen molar-refractivity contribution in [2.75, 3.05) is 5.32 Å².